The molecule has 1 N–H and O–H groups in total. The quantitative estimate of drug-likeness (QED) is 0.584. The van der Waals surface area contributed by atoms with Crippen molar-refractivity contribution in [3.8, 4) is 10.8 Å². The van der Waals surface area contributed by atoms with E-state index in [1.54, 1.807) is 17.0 Å². The lowest BCUT2D eigenvalue weighted by Crippen LogP contribution is -2.09. The zero-order valence-electron chi connectivity index (χ0n) is 13.6. The molecule has 0 saturated carbocycles. The maximum Gasteiger partial charge on any atom is 0.433 e. The number of nitrogens with one attached hydrogen (secondary N) is 1. The van der Waals surface area contributed by atoms with Gasteiger partial charge in [-0.1, -0.05) is 0 Å². The van der Waals surface area contributed by atoms with Gasteiger partial charge in [0.15, 0.2) is 16.5 Å². The Labute approximate surface area is 149 Å². The smallest absolute Gasteiger partial charge is 0.339 e. The van der Waals surface area contributed by atoms with Crippen LogP contribution in [0.3, 0.4) is 0 Å². The maximum absolute atomic E-state index is 12.9. The summed E-state index contributed by atoms with van der Waals surface area (Å²) in [5, 5.41) is 2.63. The summed E-state index contributed by atoms with van der Waals surface area (Å²) in [6.45, 7) is 2.31. The Hall–Kier alpha value is -2.75. The molecule has 0 saturated heterocycles. The summed E-state index contributed by atoms with van der Waals surface area (Å²) in [6, 6.07) is 2.31. The predicted molar refractivity (Wildman–Crippen MR) is 90.7 cm³/mol. The van der Waals surface area contributed by atoms with E-state index in [1.807, 2.05) is 12.3 Å². The third-order valence-corrected chi connectivity index (χ3v) is 4.67. The molecule has 4 heterocycles. The second-order valence-electron chi connectivity index (χ2n) is 5.58. The molecule has 0 amide bonds. The second-order valence-corrected chi connectivity index (χ2v) is 6.47. The SMILES string of the molecule is CCn1c(Cc2cnc(-c3nccs3)[nH]2)nc2ccc(C(F)(F)F)nc21. The number of imidazole rings is 2. The summed E-state index contributed by atoms with van der Waals surface area (Å²) >= 11 is 1.47. The number of pyridine rings is 1. The lowest BCUT2D eigenvalue weighted by atomic mass is 10.3. The number of aromatic amines is 1. The number of nitrogens with zero attached hydrogens (tertiary/aromatic N) is 5. The van der Waals surface area contributed by atoms with Gasteiger partial charge < -0.3 is 9.55 Å². The van der Waals surface area contributed by atoms with Crippen LogP contribution < -0.4 is 0 Å². The molecule has 26 heavy (non-hydrogen) atoms. The van der Waals surface area contributed by atoms with E-state index in [0.717, 1.165) is 16.8 Å². The van der Waals surface area contributed by atoms with Crippen LogP contribution in [-0.4, -0.2) is 29.5 Å². The van der Waals surface area contributed by atoms with Crippen LogP contribution in [0.5, 0.6) is 0 Å². The third kappa shape index (κ3) is 2.96. The molecule has 0 aliphatic rings. The van der Waals surface area contributed by atoms with Crippen molar-refractivity contribution >= 4 is 22.5 Å². The van der Waals surface area contributed by atoms with Crippen LogP contribution in [0.1, 0.15) is 24.1 Å². The Balaban J connectivity index is 1.70. The Bertz CT molecular complexity index is 1050. The Kier molecular flexibility index (Phi) is 3.98. The molecule has 0 atom stereocenters. The van der Waals surface area contributed by atoms with Crippen molar-refractivity contribution in [3.63, 3.8) is 0 Å². The van der Waals surface area contributed by atoms with Gasteiger partial charge >= 0.3 is 6.18 Å². The normalized spacial score (nSPS) is 12.2. The van der Waals surface area contributed by atoms with Gasteiger partial charge in [-0.2, -0.15) is 13.2 Å². The Morgan fingerprint density at radius 2 is 2.04 bits per heavy atom. The molecule has 0 aliphatic heterocycles. The van der Waals surface area contributed by atoms with E-state index in [9.17, 15) is 13.2 Å². The van der Waals surface area contributed by atoms with Gasteiger partial charge in [-0.05, 0) is 19.1 Å². The van der Waals surface area contributed by atoms with E-state index in [1.165, 1.54) is 17.4 Å². The lowest BCUT2D eigenvalue weighted by Gasteiger charge is -2.07. The monoisotopic (exact) mass is 378 g/mol. The summed E-state index contributed by atoms with van der Waals surface area (Å²) in [5.41, 5.74) is 0.557. The minimum atomic E-state index is -4.48. The van der Waals surface area contributed by atoms with Gasteiger partial charge in [0, 0.05) is 36.4 Å². The van der Waals surface area contributed by atoms with Gasteiger partial charge in [0.05, 0.1) is 0 Å². The zero-order valence-corrected chi connectivity index (χ0v) is 14.4. The molecule has 0 radical (unpaired) electrons. The average molecular weight is 378 g/mol. The minimum Gasteiger partial charge on any atom is -0.339 e. The van der Waals surface area contributed by atoms with Gasteiger partial charge in [-0.15, -0.1) is 11.3 Å². The van der Waals surface area contributed by atoms with Crippen molar-refractivity contribution in [2.45, 2.75) is 26.1 Å². The van der Waals surface area contributed by atoms with Crippen LogP contribution in [-0.2, 0) is 19.1 Å². The fourth-order valence-corrected chi connectivity index (χ4v) is 3.33. The van der Waals surface area contributed by atoms with E-state index in [-0.39, 0.29) is 5.65 Å². The minimum absolute atomic E-state index is 0.233. The van der Waals surface area contributed by atoms with E-state index >= 15 is 0 Å². The summed E-state index contributed by atoms with van der Waals surface area (Å²) < 4.78 is 40.5. The fourth-order valence-electron chi connectivity index (χ4n) is 2.74. The van der Waals surface area contributed by atoms with Crippen molar-refractivity contribution in [1.82, 2.24) is 29.5 Å². The lowest BCUT2D eigenvalue weighted by molar-refractivity contribution is -0.141. The topological polar surface area (TPSA) is 72.3 Å². The molecule has 0 unspecified atom stereocenters. The first-order chi connectivity index (χ1) is 12.5. The van der Waals surface area contributed by atoms with E-state index < -0.39 is 11.9 Å². The van der Waals surface area contributed by atoms with Crippen molar-refractivity contribution in [2.24, 2.45) is 0 Å². The summed E-state index contributed by atoms with van der Waals surface area (Å²) in [6.07, 6.45) is -0.694. The second kappa shape index (κ2) is 6.20. The van der Waals surface area contributed by atoms with Gasteiger partial charge in [0.25, 0.3) is 0 Å². The Morgan fingerprint density at radius 3 is 2.73 bits per heavy atom. The molecule has 0 fully saturated rings. The first-order valence-corrected chi connectivity index (χ1v) is 8.70. The van der Waals surface area contributed by atoms with Crippen LogP contribution in [0.2, 0.25) is 0 Å². The summed E-state index contributed by atoms with van der Waals surface area (Å²) in [5.74, 6) is 1.29. The van der Waals surface area contributed by atoms with Gasteiger partial charge in [0.2, 0.25) is 0 Å². The van der Waals surface area contributed by atoms with Gasteiger partial charge in [-0.25, -0.2) is 19.9 Å². The molecule has 134 valence electrons. The number of fused-ring (bicyclic) bond motifs is 1. The molecule has 4 aromatic heterocycles. The number of alkyl halides is 3. The van der Waals surface area contributed by atoms with Crippen LogP contribution in [0, 0.1) is 0 Å². The Morgan fingerprint density at radius 1 is 1.19 bits per heavy atom. The van der Waals surface area contributed by atoms with E-state index in [4.69, 9.17) is 0 Å². The molecular formula is C16H13F3N6S. The van der Waals surface area contributed by atoms with Crippen molar-refractivity contribution in [1.29, 1.82) is 0 Å². The number of hydrogen-bond acceptors (Lipinski definition) is 5. The molecule has 0 bridgehead atoms. The molecular weight excluding hydrogens is 365 g/mol. The first-order valence-electron chi connectivity index (χ1n) is 7.83. The molecule has 6 nitrogen and oxygen atoms in total. The van der Waals surface area contributed by atoms with Crippen molar-refractivity contribution in [3.05, 3.63) is 47.1 Å². The molecule has 0 spiro atoms. The highest BCUT2D eigenvalue weighted by atomic mass is 32.1. The average Bonchev–Trinajstić information content (AvgIpc) is 3.32. The predicted octanol–water partition coefficient (Wildman–Crippen LogP) is 3.91. The largest absolute Gasteiger partial charge is 0.433 e. The fraction of sp³-hybridized carbons (Fsp3) is 0.250. The number of rotatable bonds is 4. The van der Waals surface area contributed by atoms with Crippen molar-refractivity contribution < 1.29 is 13.2 Å². The highest BCUT2D eigenvalue weighted by molar-refractivity contribution is 7.13. The van der Waals surface area contributed by atoms with Gasteiger partial charge in [-0.3, -0.25) is 0 Å². The summed E-state index contributed by atoms with van der Waals surface area (Å²) in [7, 11) is 0. The number of hydrogen-bond donors (Lipinski definition) is 1. The molecule has 10 heteroatoms. The van der Waals surface area contributed by atoms with Gasteiger partial charge in [0.1, 0.15) is 17.0 Å². The first kappa shape index (κ1) is 16.7. The molecule has 0 aromatic carbocycles. The van der Waals surface area contributed by atoms with E-state index in [2.05, 4.69) is 24.9 Å². The molecule has 0 aliphatic carbocycles. The maximum atomic E-state index is 12.9. The van der Waals surface area contributed by atoms with Crippen LogP contribution in [0.25, 0.3) is 22.0 Å². The highest BCUT2D eigenvalue weighted by Gasteiger charge is 2.33. The summed E-state index contributed by atoms with van der Waals surface area (Å²) in [4.78, 5) is 19.9. The number of aryl methyl sites for hydroxylation is 1. The van der Waals surface area contributed by atoms with E-state index in [0.29, 0.717) is 30.1 Å². The molecule has 4 aromatic rings. The third-order valence-electron chi connectivity index (χ3n) is 3.89. The van der Waals surface area contributed by atoms with Crippen molar-refractivity contribution in [2.75, 3.05) is 0 Å². The zero-order chi connectivity index (χ0) is 18.3. The number of thiazole rings is 1. The van der Waals surface area contributed by atoms with Crippen LogP contribution in [0.15, 0.2) is 29.9 Å². The van der Waals surface area contributed by atoms with Crippen LogP contribution in [0.4, 0.5) is 13.2 Å². The number of halogens is 3. The number of aromatic nitrogens is 6. The van der Waals surface area contributed by atoms with Crippen LogP contribution >= 0.6 is 11.3 Å². The highest BCUT2D eigenvalue weighted by Crippen LogP contribution is 2.29. The molecule has 4 rings (SSSR count). The number of H-pyrrole nitrogens is 1. The standard InChI is InChI=1S/C16H13F3N6S/c1-2-25-12(7-9-8-21-13(22-9)15-20-5-6-26-15)23-10-3-4-11(16(17,18)19)24-14(10)25/h3-6,8H,2,7H2,1H3,(H,21,22).